The van der Waals surface area contributed by atoms with Crippen LogP contribution in [-0.2, 0) is 16.1 Å². The molecule has 4 saturated carbocycles. The minimum absolute atomic E-state index is 0.101. The Morgan fingerprint density at radius 1 is 0.383 bits per heavy atom. The van der Waals surface area contributed by atoms with Crippen molar-refractivity contribution in [3.05, 3.63) is 233 Å². The van der Waals surface area contributed by atoms with Gasteiger partial charge >= 0.3 is 23.9 Å². The van der Waals surface area contributed by atoms with E-state index in [9.17, 15) is 49.2 Å². The molecule has 0 spiro atoms. The number of carboxylic acids is 4. The Morgan fingerprint density at radius 2 is 0.707 bits per heavy atom. The van der Waals surface area contributed by atoms with Gasteiger partial charge in [0.25, 0.3) is 5.78 Å². The van der Waals surface area contributed by atoms with Crippen LogP contribution in [0.4, 0.5) is 0 Å². The maximum atomic E-state index is 12.7. The van der Waals surface area contributed by atoms with Crippen LogP contribution in [0.5, 0.6) is 0 Å². The van der Waals surface area contributed by atoms with Gasteiger partial charge in [-0.15, -0.1) is 50.4 Å². The molecule has 4 aromatic carbocycles. The molecule has 4 aliphatic carbocycles. The van der Waals surface area contributed by atoms with Crippen molar-refractivity contribution in [2.24, 2.45) is 47.3 Å². The Labute approximate surface area is 802 Å². The number of benzene rings is 4. The third-order valence-corrected chi connectivity index (χ3v) is 34.0. The maximum Gasteiger partial charge on any atom is 0.346 e. The highest BCUT2D eigenvalue weighted by Crippen LogP contribution is 2.50. The molecule has 10 aromatic rings. The predicted octanol–water partition coefficient (Wildman–Crippen LogP) is 26.9. The molecule has 8 aliphatic rings. The van der Waals surface area contributed by atoms with Crippen molar-refractivity contribution < 1.29 is 49.2 Å². The summed E-state index contributed by atoms with van der Waals surface area (Å²) in [5.41, 5.74) is 20.4. The molecule has 133 heavy (non-hydrogen) atoms. The van der Waals surface area contributed by atoms with E-state index in [4.69, 9.17) is 10.1 Å². The Kier molecular flexibility index (Phi) is 33.4. The number of aromatic carboxylic acids is 4. The molecule has 10 heterocycles. The number of carboxylic acid groups (broad SMARTS) is 4. The summed E-state index contributed by atoms with van der Waals surface area (Å²) in [5, 5.41) is 45.0. The van der Waals surface area contributed by atoms with Gasteiger partial charge in [-0.25, -0.2) is 28.7 Å². The summed E-state index contributed by atoms with van der Waals surface area (Å²) < 4.78 is 1.83. The molecular formula is C111H134N8O10S4. The second-order valence-electron chi connectivity index (χ2n) is 38.9. The summed E-state index contributed by atoms with van der Waals surface area (Å²) in [5.74, 6) is 3.46. The van der Waals surface area contributed by atoms with E-state index in [1.54, 1.807) is 12.5 Å². The van der Waals surface area contributed by atoms with E-state index < -0.39 is 23.9 Å². The topological polar surface area (TPSA) is 239 Å². The number of unbranched alkanes of at least 4 members (excludes halogenated alkanes) is 2. The van der Waals surface area contributed by atoms with Gasteiger partial charge in [-0.05, 0) is 255 Å². The van der Waals surface area contributed by atoms with Crippen LogP contribution in [0.1, 0.15) is 287 Å². The first kappa shape index (κ1) is 97.5. The number of rotatable bonds is 24. The highest BCUT2D eigenvalue weighted by atomic mass is 32.1. The number of hydrogen-bond acceptors (Lipinski definition) is 15. The lowest BCUT2D eigenvalue weighted by Crippen LogP contribution is -2.38. The van der Waals surface area contributed by atoms with E-state index in [0.717, 1.165) is 189 Å². The van der Waals surface area contributed by atoms with Gasteiger partial charge in [-0.2, -0.15) is 4.98 Å². The van der Waals surface area contributed by atoms with Gasteiger partial charge in [-0.3, -0.25) is 19.4 Å². The van der Waals surface area contributed by atoms with Crippen molar-refractivity contribution >= 4 is 109 Å². The van der Waals surface area contributed by atoms with Crippen molar-refractivity contribution in [1.82, 2.24) is 39.2 Å². The van der Waals surface area contributed by atoms with E-state index in [2.05, 4.69) is 97.9 Å². The van der Waals surface area contributed by atoms with E-state index >= 15 is 0 Å². The third-order valence-electron chi connectivity index (χ3n) is 29.3. The number of nitrogens with zero attached hydrogens (tertiary/aromatic N) is 8. The Hall–Kier alpha value is -10.1. The zero-order valence-electron chi connectivity index (χ0n) is 79.3. The molecule has 4 fully saturated rings. The summed E-state index contributed by atoms with van der Waals surface area (Å²) in [6.07, 6.45) is 27.7. The minimum atomic E-state index is -0.865. The molecule has 0 saturated heterocycles. The number of carbonyl (C=O) groups excluding carboxylic acids is 2. The number of fused-ring (bicyclic) bond motifs is 1. The molecule has 4 aliphatic heterocycles. The van der Waals surface area contributed by atoms with Crippen molar-refractivity contribution in [1.29, 1.82) is 0 Å². The number of aryl methyl sites for hydroxylation is 2. The molecule has 2 amide bonds. The predicted molar refractivity (Wildman–Crippen MR) is 543 cm³/mol. The van der Waals surface area contributed by atoms with E-state index in [1.807, 2.05) is 138 Å². The monoisotopic (exact) mass is 1870 g/mol. The second kappa shape index (κ2) is 45.5. The fourth-order valence-corrected chi connectivity index (χ4v) is 25.9. The molecule has 0 unspecified atom stereocenters. The van der Waals surface area contributed by atoms with Crippen LogP contribution in [0, 0.1) is 61.2 Å². The van der Waals surface area contributed by atoms with Crippen molar-refractivity contribution in [2.75, 3.05) is 58.9 Å². The second-order valence-corrected chi connectivity index (χ2v) is 43.1. The largest absolute Gasteiger partial charge is 0.477 e. The summed E-state index contributed by atoms with van der Waals surface area (Å²) in [7, 11) is 0. The van der Waals surface area contributed by atoms with Gasteiger partial charge in [0.15, 0.2) is 5.82 Å². The van der Waals surface area contributed by atoms with E-state index in [1.165, 1.54) is 187 Å². The SMILES string of the molecule is CC(=O)N1CCC(c2cc(-c3ccccc3)sc2C(=O)O)=C(C2CCC(C)CC2)C1.CCCC(=O)N1CCC(c2cc(-c3ccccc3)sc2C(=O)O)=C(C2CCC(C)CC2)C1.CCCCCN1CCC(c2cc(-c3ccccc3)sc2C(=O)O)=C(C2CCC(C)CC2)C1.Cc1cc(C)n2nc(CN3CCC(c4cc(-c5ccccc5)sc4C(=O)O)=C(C4CCC(C)CC4)C3)nc2n1. The number of aromatic nitrogens is 4. The summed E-state index contributed by atoms with van der Waals surface area (Å²) in [6, 6.07) is 50.8. The maximum absolute atomic E-state index is 12.7. The van der Waals surface area contributed by atoms with Crippen molar-refractivity contribution in [3.63, 3.8) is 0 Å². The number of thiophene rings is 4. The summed E-state index contributed by atoms with van der Waals surface area (Å²) >= 11 is 5.55. The quantitative estimate of drug-likeness (QED) is 0.0411. The van der Waals surface area contributed by atoms with Crippen LogP contribution in [-0.4, -0.2) is 154 Å². The molecule has 4 N–H and O–H groups in total. The van der Waals surface area contributed by atoms with Crippen LogP contribution >= 0.6 is 45.3 Å². The first-order valence-electron chi connectivity index (χ1n) is 49.1. The zero-order valence-corrected chi connectivity index (χ0v) is 82.5. The average molecular weight is 1870 g/mol. The fraction of sp³-hybridized carbons (Fsp3) is 0.468. The van der Waals surface area contributed by atoms with Gasteiger partial charge in [0.1, 0.15) is 19.5 Å². The molecule has 0 atom stereocenters. The van der Waals surface area contributed by atoms with Crippen molar-refractivity contribution in [3.8, 4) is 41.8 Å². The Balaban J connectivity index is 0.000000136. The highest BCUT2D eigenvalue weighted by molar-refractivity contribution is 7.18. The number of hydrogen-bond donors (Lipinski definition) is 4. The van der Waals surface area contributed by atoms with E-state index in [0.29, 0.717) is 88.1 Å². The van der Waals surface area contributed by atoms with Gasteiger partial charge < -0.3 is 30.2 Å². The van der Waals surface area contributed by atoms with E-state index in [-0.39, 0.29) is 11.8 Å². The van der Waals surface area contributed by atoms with Crippen LogP contribution in [0.25, 0.3) is 69.8 Å². The van der Waals surface area contributed by atoms with Crippen LogP contribution in [0.15, 0.2) is 174 Å². The zero-order chi connectivity index (χ0) is 93.5. The van der Waals surface area contributed by atoms with Crippen molar-refractivity contribution in [2.45, 2.75) is 229 Å². The fourth-order valence-electron chi connectivity index (χ4n) is 21.7. The third kappa shape index (κ3) is 24.1. The van der Waals surface area contributed by atoms with Gasteiger partial charge in [-0.1, -0.05) is 227 Å². The van der Waals surface area contributed by atoms with Gasteiger partial charge in [0.05, 0.1) is 6.54 Å². The minimum Gasteiger partial charge on any atom is -0.477 e. The number of amides is 2. The molecule has 18 nitrogen and oxygen atoms in total. The number of carbonyl (C=O) groups is 6. The van der Waals surface area contributed by atoms with Gasteiger partial charge in [0.2, 0.25) is 11.8 Å². The van der Waals surface area contributed by atoms with Crippen LogP contribution < -0.4 is 0 Å². The summed E-state index contributed by atoms with van der Waals surface area (Å²) in [6.45, 7) is 27.5. The molecule has 22 heteroatoms. The molecule has 6 aromatic heterocycles. The summed E-state index contributed by atoms with van der Waals surface area (Å²) in [4.78, 5) is 98.0. The van der Waals surface area contributed by atoms with Crippen LogP contribution in [0.3, 0.4) is 0 Å². The molecule has 0 bridgehead atoms. The molecular weight excluding hydrogens is 1730 g/mol. The standard InChI is InChI=1S/C31H35N5O2S.C28H37NO2S.C27H33NO3S.C25H29NO3S/c1-19-9-11-22(12-10-19)26-17-35(18-28-33-31-32-20(2)15-21(3)36(31)34-28)14-13-24(26)25-16-27(39-29(25)30(37)38)23-7-5-4-6-8-23;1-3-4-8-16-29-17-15-23(25(19-29)21-13-11-20(2)12-14-21)24-18-26(32-27(24)28(30)31)22-9-6-5-7-10-22;1-3-7-25(29)28-15-14-21(23(17-28)19-12-10-18(2)11-13-19)22-16-24(32-26(22)27(30)31)20-8-5-4-6-9-20;1-16-8-10-18(11-9-16)22-15-26(17(2)27)13-12-20(22)21-14-23(30-24(21)25(28)29)19-6-4-3-5-7-19/h4-8,15-16,19,22H,9-14,17-18H2,1-3H3,(H,37,38);5-7,9-10,18,20-21H,3-4,8,11-17,19H2,1-2H3,(H,30,31);4-6,8-9,16,18-19H,3,7,10-15,17H2,1-2H3,(H,30,31);3-7,14,16,18H,8-13,15H2,1-2H3,(H,28,29). The lowest BCUT2D eigenvalue weighted by atomic mass is 9.75. The Bertz CT molecular complexity index is 5860. The Morgan fingerprint density at radius 3 is 1.05 bits per heavy atom. The molecule has 702 valence electrons. The first-order chi connectivity index (χ1) is 64.3. The first-order valence-corrected chi connectivity index (χ1v) is 52.4. The lowest BCUT2D eigenvalue weighted by Gasteiger charge is -2.37. The normalized spacial score (nSPS) is 21.6. The average Bonchev–Trinajstić information content (AvgIpc) is 1.70. The molecule has 0 radical (unpaired) electrons. The lowest BCUT2D eigenvalue weighted by molar-refractivity contribution is -0.131. The smallest absolute Gasteiger partial charge is 0.346 e. The van der Waals surface area contributed by atoms with Crippen LogP contribution in [0.2, 0.25) is 0 Å². The highest BCUT2D eigenvalue weighted by Gasteiger charge is 2.38. The van der Waals surface area contributed by atoms with Gasteiger partial charge in [0, 0.05) is 119 Å². The molecule has 18 rings (SSSR count).